The Morgan fingerprint density at radius 3 is 2.09 bits per heavy atom. The molecule has 1 atom stereocenters. The van der Waals surface area contributed by atoms with Crippen molar-refractivity contribution >= 4 is 18.0 Å². The fourth-order valence-electron chi connectivity index (χ4n) is 5.88. The van der Waals surface area contributed by atoms with Gasteiger partial charge in [-0.3, -0.25) is 4.79 Å². The standard InChI is InChI=1S/C26H28N2O6/c29-12-21(22(30)31)27-23(32)26(14-25(15-26)10-5-11-25)28-24(33)34-13-20-18-8-3-1-6-16(18)17-7-2-4-9-19(17)20/h1-4,6-9,20-21,29H,5,10-15H2,(H,27,32)(H,28,33)(H,30,31). The van der Waals surface area contributed by atoms with Crippen molar-refractivity contribution in [2.75, 3.05) is 13.2 Å². The number of carbonyl (C=O) groups is 3. The SMILES string of the molecule is O=C(NC1(C(=O)NC(CO)C(=O)O)CC2(CCC2)C1)OCC1c2ccccc2-c2ccccc21. The average Bonchev–Trinajstić information content (AvgIpc) is 3.10. The van der Waals surface area contributed by atoms with E-state index in [0.29, 0.717) is 12.8 Å². The second kappa shape index (κ2) is 8.43. The largest absolute Gasteiger partial charge is 0.480 e. The Balaban J connectivity index is 1.28. The summed E-state index contributed by atoms with van der Waals surface area (Å²) in [6, 6.07) is 14.6. The van der Waals surface area contributed by atoms with Gasteiger partial charge in [-0.1, -0.05) is 55.0 Å². The van der Waals surface area contributed by atoms with Crippen LogP contribution >= 0.6 is 0 Å². The Morgan fingerprint density at radius 2 is 1.59 bits per heavy atom. The van der Waals surface area contributed by atoms with Crippen LogP contribution < -0.4 is 10.6 Å². The summed E-state index contributed by atoms with van der Waals surface area (Å²) in [5.41, 5.74) is 3.22. The topological polar surface area (TPSA) is 125 Å². The lowest BCUT2D eigenvalue weighted by atomic mass is 9.48. The van der Waals surface area contributed by atoms with Crippen LogP contribution in [0.4, 0.5) is 4.79 Å². The minimum atomic E-state index is -1.42. The van der Waals surface area contributed by atoms with Gasteiger partial charge in [-0.05, 0) is 53.4 Å². The first-order chi connectivity index (χ1) is 16.4. The summed E-state index contributed by atoms with van der Waals surface area (Å²) in [6.07, 6.45) is 3.22. The number of carbonyl (C=O) groups excluding carboxylic acids is 2. The van der Waals surface area contributed by atoms with E-state index in [-0.39, 0.29) is 17.9 Å². The minimum absolute atomic E-state index is 0.0197. The monoisotopic (exact) mass is 464 g/mol. The molecule has 0 aliphatic heterocycles. The molecule has 2 aromatic carbocycles. The molecule has 34 heavy (non-hydrogen) atoms. The van der Waals surface area contributed by atoms with Gasteiger partial charge in [-0.15, -0.1) is 0 Å². The molecular formula is C26H28N2O6. The number of hydrogen-bond donors (Lipinski definition) is 4. The van der Waals surface area contributed by atoms with Crippen LogP contribution in [0.15, 0.2) is 48.5 Å². The number of amides is 2. The van der Waals surface area contributed by atoms with E-state index in [1.54, 1.807) is 0 Å². The molecule has 178 valence electrons. The van der Waals surface area contributed by atoms with E-state index in [0.717, 1.165) is 41.5 Å². The Labute approximate surface area is 197 Å². The van der Waals surface area contributed by atoms with Crippen molar-refractivity contribution < 1.29 is 29.3 Å². The highest BCUT2D eigenvalue weighted by Crippen LogP contribution is 2.60. The van der Waals surface area contributed by atoms with Gasteiger partial charge in [0.15, 0.2) is 0 Å². The van der Waals surface area contributed by atoms with Gasteiger partial charge < -0.3 is 25.6 Å². The van der Waals surface area contributed by atoms with Crippen LogP contribution in [0.5, 0.6) is 0 Å². The maximum Gasteiger partial charge on any atom is 0.408 e. The summed E-state index contributed by atoms with van der Waals surface area (Å²) in [4.78, 5) is 37.2. The van der Waals surface area contributed by atoms with Crippen molar-refractivity contribution in [1.29, 1.82) is 0 Å². The lowest BCUT2D eigenvalue weighted by molar-refractivity contribution is -0.150. The third-order valence-electron chi connectivity index (χ3n) is 7.67. The zero-order chi connectivity index (χ0) is 23.9. The number of aliphatic hydroxyl groups is 1. The number of aliphatic hydroxyl groups excluding tert-OH is 1. The zero-order valence-electron chi connectivity index (χ0n) is 18.8. The van der Waals surface area contributed by atoms with Crippen LogP contribution in [-0.2, 0) is 14.3 Å². The number of carboxylic acids is 1. The minimum Gasteiger partial charge on any atom is -0.480 e. The van der Waals surface area contributed by atoms with Crippen molar-refractivity contribution in [3.8, 4) is 11.1 Å². The van der Waals surface area contributed by atoms with E-state index in [1.165, 1.54) is 0 Å². The van der Waals surface area contributed by atoms with Gasteiger partial charge in [-0.25, -0.2) is 9.59 Å². The molecule has 1 spiro atoms. The number of aliphatic carboxylic acids is 1. The van der Waals surface area contributed by atoms with E-state index in [1.807, 2.05) is 36.4 Å². The van der Waals surface area contributed by atoms with Gasteiger partial charge in [0.25, 0.3) is 0 Å². The van der Waals surface area contributed by atoms with Crippen molar-refractivity contribution in [2.45, 2.75) is 49.6 Å². The van der Waals surface area contributed by atoms with Crippen molar-refractivity contribution in [3.05, 3.63) is 59.7 Å². The van der Waals surface area contributed by atoms with E-state index < -0.39 is 36.2 Å². The fourth-order valence-corrected chi connectivity index (χ4v) is 5.88. The molecule has 0 radical (unpaired) electrons. The van der Waals surface area contributed by atoms with Gasteiger partial charge in [0, 0.05) is 5.92 Å². The number of alkyl carbamates (subject to hydrolysis) is 1. The van der Waals surface area contributed by atoms with Crippen molar-refractivity contribution in [1.82, 2.24) is 10.6 Å². The first kappa shape index (κ1) is 22.4. The van der Waals surface area contributed by atoms with E-state index in [9.17, 15) is 24.6 Å². The number of ether oxygens (including phenoxy) is 1. The molecule has 8 nitrogen and oxygen atoms in total. The summed E-state index contributed by atoms with van der Waals surface area (Å²) >= 11 is 0. The first-order valence-corrected chi connectivity index (χ1v) is 11.6. The molecule has 0 aromatic heterocycles. The first-order valence-electron chi connectivity index (χ1n) is 11.6. The molecule has 3 aliphatic carbocycles. The highest BCUT2D eigenvalue weighted by atomic mass is 16.5. The van der Waals surface area contributed by atoms with Crippen LogP contribution in [0.3, 0.4) is 0 Å². The van der Waals surface area contributed by atoms with Crippen molar-refractivity contribution in [3.63, 3.8) is 0 Å². The van der Waals surface area contributed by atoms with E-state index in [4.69, 9.17) is 4.74 Å². The Kier molecular flexibility index (Phi) is 5.56. The molecule has 0 heterocycles. The number of carboxylic acid groups (broad SMARTS) is 1. The maximum atomic E-state index is 13.0. The number of nitrogens with one attached hydrogen (secondary N) is 2. The molecule has 2 saturated carbocycles. The lowest BCUT2D eigenvalue weighted by Gasteiger charge is -2.59. The smallest absolute Gasteiger partial charge is 0.408 e. The fraction of sp³-hybridized carbons (Fsp3) is 0.423. The summed E-state index contributed by atoms with van der Waals surface area (Å²) in [7, 11) is 0. The number of fused-ring (bicyclic) bond motifs is 3. The second-order valence-corrected chi connectivity index (χ2v) is 9.79. The third kappa shape index (κ3) is 3.72. The van der Waals surface area contributed by atoms with E-state index in [2.05, 4.69) is 22.8 Å². The maximum absolute atomic E-state index is 13.0. The molecule has 4 N–H and O–H groups in total. The Bertz CT molecular complexity index is 1090. The van der Waals surface area contributed by atoms with Crippen LogP contribution in [-0.4, -0.2) is 53.0 Å². The number of benzene rings is 2. The van der Waals surface area contributed by atoms with Crippen LogP contribution in [0, 0.1) is 5.41 Å². The molecule has 0 bridgehead atoms. The normalized spacial score (nSPS) is 19.7. The summed E-state index contributed by atoms with van der Waals surface area (Å²) in [5, 5.41) is 23.6. The number of rotatable bonds is 7. The summed E-state index contributed by atoms with van der Waals surface area (Å²) in [6.45, 7) is -0.607. The van der Waals surface area contributed by atoms with Crippen LogP contribution in [0.2, 0.25) is 0 Å². The molecule has 3 aliphatic rings. The highest BCUT2D eigenvalue weighted by Gasteiger charge is 2.62. The van der Waals surface area contributed by atoms with Gasteiger partial charge in [0.05, 0.1) is 6.61 Å². The molecule has 1 unspecified atom stereocenters. The highest BCUT2D eigenvalue weighted by molar-refractivity contribution is 5.94. The predicted octanol–water partition coefficient (Wildman–Crippen LogP) is 2.79. The molecule has 2 fully saturated rings. The molecule has 5 rings (SSSR count). The molecule has 8 heteroatoms. The third-order valence-corrected chi connectivity index (χ3v) is 7.67. The Morgan fingerprint density at radius 1 is 1.00 bits per heavy atom. The van der Waals surface area contributed by atoms with E-state index >= 15 is 0 Å². The van der Waals surface area contributed by atoms with Gasteiger partial charge >= 0.3 is 12.1 Å². The second-order valence-electron chi connectivity index (χ2n) is 9.79. The molecular weight excluding hydrogens is 436 g/mol. The zero-order valence-corrected chi connectivity index (χ0v) is 18.8. The molecule has 0 saturated heterocycles. The van der Waals surface area contributed by atoms with Crippen LogP contribution in [0.1, 0.15) is 49.1 Å². The molecule has 2 amide bonds. The van der Waals surface area contributed by atoms with Gasteiger partial charge in [0.1, 0.15) is 18.2 Å². The summed E-state index contributed by atoms with van der Waals surface area (Å²) in [5.74, 6) is -2.03. The lowest BCUT2D eigenvalue weighted by Crippen LogP contribution is -2.71. The van der Waals surface area contributed by atoms with Gasteiger partial charge in [0.2, 0.25) is 5.91 Å². The number of hydrogen-bond acceptors (Lipinski definition) is 5. The van der Waals surface area contributed by atoms with Gasteiger partial charge in [-0.2, -0.15) is 0 Å². The average molecular weight is 465 g/mol. The quantitative estimate of drug-likeness (QED) is 0.499. The van der Waals surface area contributed by atoms with Crippen LogP contribution in [0.25, 0.3) is 11.1 Å². The molecule has 2 aromatic rings. The summed E-state index contributed by atoms with van der Waals surface area (Å²) < 4.78 is 5.62. The Hall–Kier alpha value is -3.39. The predicted molar refractivity (Wildman–Crippen MR) is 123 cm³/mol. The van der Waals surface area contributed by atoms with Crippen molar-refractivity contribution in [2.24, 2.45) is 5.41 Å².